The van der Waals surface area contributed by atoms with Gasteiger partial charge in [-0.15, -0.1) is 0 Å². The van der Waals surface area contributed by atoms with Crippen LogP contribution >= 0.6 is 0 Å². The Kier molecular flexibility index (Phi) is 40.0. The van der Waals surface area contributed by atoms with E-state index in [1.807, 2.05) is 114 Å². The second-order valence-corrected chi connectivity index (χ2v) is 28.9. The van der Waals surface area contributed by atoms with Crippen molar-refractivity contribution in [3.8, 4) is 23.0 Å². The number of likely N-dealkylation sites (tertiary alicyclic amines) is 1. The number of hydrogen-bond acceptors (Lipinski definition) is 20. The van der Waals surface area contributed by atoms with E-state index in [1.165, 1.54) is 7.11 Å². The molecule has 8 aromatic carbocycles. The molecule has 9 rings (SSSR count). The van der Waals surface area contributed by atoms with Gasteiger partial charge in [-0.05, 0) is 169 Å². The maximum atomic E-state index is 12.5. The summed E-state index contributed by atoms with van der Waals surface area (Å²) in [7, 11) is 1.54. The number of nitrogens with zero attached hydrogens (tertiary/aromatic N) is 1. The van der Waals surface area contributed by atoms with Crippen molar-refractivity contribution >= 4 is 70.8 Å². The number of aliphatic hydroxyl groups excluding tert-OH is 1. The Morgan fingerprint density at radius 1 is 0.359 bits per heavy atom. The number of hydrogen-bond donors (Lipinski definition) is 2. The average Bonchev–Trinajstić information content (AvgIpc) is 1.33. The number of amides is 2. The summed E-state index contributed by atoms with van der Waals surface area (Å²) in [5, 5.41) is 11.6. The molecule has 1 fully saturated rings. The highest BCUT2D eigenvalue weighted by Gasteiger charge is 2.32. The first kappa shape index (κ1) is 94.0. The van der Waals surface area contributed by atoms with Gasteiger partial charge in [0.1, 0.15) is 36.2 Å². The maximum absolute atomic E-state index is 12.5. The first-order valence-electron chi connectivity index (χ1n) is 39.9. The summed E-state index contributed by atoms with van der Waals surface area (Å²) >= 11 is 0. The van der Waals surface area contributed by atoms with Crippen LogP contribution in [0.15, 0.2) is 218 Å². The van der Waals surface area contributed by atoms with Crippen molar-refractivity contribution in [1.29, 1.82) is 0 Å². The van der Waals surface area contributed by atoms with Crippen LogP contribution in [-0.4, -0.2) is 133 Å². The lowest BCUT2D eigenvalue weighted by Gasteiger charge is -2.28. The van der Waals surface area contributed by atoms with Crippen LogP contribution in [0.4, 0.5) is 0 Å². The molecule has 0 aliphatic carbocycles. The van der Waals surface area contributed by atoms with Gasteiger partial charge in [0, 0.05) is 82.6 Å². The number of carbonyl (C=O) groups excluding carboxylic acids is 12. The number of ether oxygens (including phenoxy) is 7. The normalized spacial score (nSPS) is 13.5. The number of ketones is 4. The van der Waals surface area contributed by atoms with Crippen molar-refractivity contribution in [3.63, 3.8) is 0 Å². The van der Waals surface area contributed by atoms with Crippen molar-refractivity contribution in [2.75, 3.05) is 40.1 Å². The van der Waals surface area contributed by atoms with E-state index in [-0.39, 0.29) is 103 Å². The quantitative estimate of drug-likeness (QED) is 0.0157. The molecular weight excluding hydrogens is 1490 g/mol. The molecular formula is C95H110N2O20. The van der Waals surface area contributed by atoms with E-state index in [0.717, 1.165) is 19.4 Å². The zero-order valence-corrected chi connectivity index (χ0v) is 68.7. The van der Waals surface area contributed by atoms with Gasteiger partial charge in [0.2, 0.25) is 11.8 Å². The van der Waals surface area contributed by atoms with Crippen molar-refractivity contribution in [3.05, 3.63) is 263 Å². The molecule has 1 aliphatic rings. The van der Waals surface area contributed by atoms with E-state index < -0.39 is 41.6 Å². The predicted octanol–water partition coefficient (Wildman–Crippen LogP) is 16.1. The van der Waals surface area contributed by atoms with Gasteiger partial charge in [-0.25, -0.2) is 0 Å². The number of esters is 6. The third kappa shape index (κ3) is 31.0. The highest BCUT2D eigenvalue weighted by atomic mass is 16.6. The molecule has 117 heavy (non-hydrogen) atoms. The van der Waals surface area contributed by atoms with Crippen molar-refractivity contribution < 1.29 is 95.8 Å². The van der Waals surface area contributed by atoms with Crippen LogP contribution in [0.5, 0.6) is 23.0 Å². The summed E-state index contributed by atoms with van der Waals surface area (Å²) in [5.74, 6) is -3.86. The van der Waals surface area contributed by atoms with Gasteiger partial charge in [-0.2, -0.15) is 0 Å². The summed E-state index contributed by atoms with van der Waals surface area (Å²) in [6.45, 7) is 19.5. The van der Waals surface area contributed by atoms with Gasteiger partial charge < -0.3 is 48.5 Å². The smallest absolute Gasteiger partial charge is 0.314 e. The van der Waals surface area contributed by atoms with E-state index in [1.54, 1.807) is 178 Å². The number of rotatable bonds is 38. The summed E-state index contributed by atoms with van der Waals surface area (Å²) in [5.41, 5.74) is 4.50. The third-order valence-electron chi connectivity index (χ3n) is 19.5. The van der Waals surface area contributed by atoms with Crippen LogP contribution in [0, 0.1) is 41.4 Å². The molecule has 1 saturated heterocycles. The Labute approximate surface area is 686 Å². The minimum atomic E-state index is -0.507. The predicted molar refractivity (Wildman–Crippen MR) is 443 cm³/mol. The van der Waals surface area contributed by atoms with E-state index in [0.29, 0.717) is 125 Å². The van der Waals surface area contributed by atoms with E-state index in [9.17, 15) is 57.5 Å². The highest BCUT2D eigenvalue weighted by Crippen LogP contribution is 2.28. The van der Waals surface area contributed by atoms with Crippen LogP contribution in [0.2, 0.25) is 0 Å². The summed E-state index contributed by atoms with van der Waals surface area (Å²) < 4.78 is 36.7. The Morgan fingerprint density at radius 3 is 0.897 bits per heavy atom. The zero-order valence-electron chi connectivity index (χ0n) is 68.7. The van der Waals surface area contributed by atoms with Gasteiger partial charge in [0.15, 0.2) is 23.1 Å². The van der Waals surface area contributed by atoms with Gasteiger partial charge in [-0.1, -0.05) is 177 Å². The summed E-state index contributed by atoms with van der Waals surface area (Å²) in [6, 6.07) is 62.1. The number of aliphatic hydroxyl groups is 1. The van der Waals surface area contributed by atoms with Gasteiger partial charge in [0.05, 0.1) is 48.7 Å². The average molecular weight is 1600 g/mol. The molecule has 0 saturated carbocycles. The first-order chi connectivity index (χ1) is 56.2. The molecule has 8 aromatic rings. The fraction of sp³-hybridized carbons (Fsp3) is 0.368. The van der Waals surface area contributed by atoms with Crippen molar-refractivity contribution in [2.45, 2.75) is 146 Å². The lowest BCUT2D eigenvalue weighted by Crippen LogP contribution is -2.38. The summed E-state index contributed by atoms with van der Waals surface area (Å²) in [6.07, 6.45) is 5.72. The number of methoxy groups -OCH3 is 1. The standard InChI is InChI=1S/C24H27NO4.C24H29NO4.C24H28O6.C23H26O6/c1-3-20(25-15-7-10-22(25)26)16-17(2)24(28)29-21-13-11-19(12-14-21)23(27)18-8-5-4-6-9-18;1-5-18(23(27)25-16(2)3)15-17(4)24(28)29-21-13-11-20(12-14-21)22(26)19-9-7-6-8-10-19;1-4-18(24(27)29-15-14-28-3)16-17(2)23(26)30-21-12-10-20(11-13-21)22(25)19-8-6-5-7-9-19;1-3-17(23(27)28-14-13-24)15-16(2)22(26)29-20-11-9-19(10-12-20)21(25)18-7-5-4-6-8-18/h4-6,8-9,11-14,17,20H,3,7,10,15-16H2,1-2H3;6-14,16-18H,5,15H2,1-4H3,(H,25,27);5-13,17-18H,4,14-16H2,1-3H3;4-12,16-17,24H,3,13-15H2,1-2H3. The SMILES string of the molecule is CCC(CC(C)C(=O)Oc1ccc(C(=O)c2ccccc2)cc1)C(=O)NC(C)C.CCC(CC(C)C(=O)Oc1ccc(C(=O)c2ccccc2)cc1)C(=O)OCCO.CCC(CC(C)C(=O)Oc1ccc(C(=O)c2ccccc2)cc1)C(=O)OCCOC.CCC(CC(C)C(=O)Oc1ccc(C(=O)c2ccccc2)cc1)N1CCCC1=O. The molecule has 620 valence electrons. The Balaban J connectivity index is 0.000000242. The van der Waals surface area contributed by atoms with Crippen LogP contribution in [0.1, 0.15) is 197 Å². The fourth-order valence-corrected chi connectivity index (χ4v) is 12.6. The lowest BCUT2D eigenvalue weighted by atomic mass is 9.92. The lowest BCUT2D eigenvalue weighted by molar-refractivity contribution is -0.152. The molecule has 0 aromatic heterocycles. The van der Waals surface area contributed by atoms with Crippen molar-refractivity contribution in [2.24, 2.45) is 41.4 Å². The largest absolute Gasteiger partial charge is 0.463 e. The molecule has 1 heterocycles. The van der Waals surface area contributed by atoms with Gasteiger partial charge >= 0.3 is 35.8 Å². The van der Waals surface area contributed by atoms with Crippen LogP contribution in [-0.2, 0) is 52.6 Å². The Bertz CT molecular complexity index is 4480. The monoisotopic (exact) mass is 1600 g/mol. The molecule has 0 spiro atoms. The molecule has 0 bridgehead atoms. The van der Waals surface area contributed by atoms with Gasteiger partial charge in [0.25, 0.3) is 0 Å². The highest BCUT2D eigenvalue weighted by molar-refractivity contribution is 6.11. The zero-order chi connectivity index (χ0) is 85.3. The van der Waals surface area contributed by atoms with E-state index >= 15 is 0 Å². The van der Waals surface area contributed by atoms with Crippen LogP contribution in [0.3, 0.4) is 0 Å². The topological polar surface area (TPSA) is 305 Å². The first-order valence-corrected chi connectivity index (χ1v) is 39.9. The minimum Gasteiger partial charge on any atom is -0.463 e. The molecule has 0 radical (unpaired) electrons. The van der Waals surface area contributed by atoms with Crippen LogP contribution in [0.25, 0.3) is 0 Å². The molecule has 22 heteroatoms. The van der Waals surface area contributed by atoms with Crippen molar-refractivity contribution in [1.82, 2.24) is 10.2 Å². The third-order valence-corrected chi connectivity index (χ3v) is 19.5. The minimum absolute atomic E-state index is 0.0362. The second kappa shape index (κ2) is 49.8. The van der Waals surface area contributed by atoms with Crippen LogP contribution < -0.4 is 24.3 Å². The fourth-order valence-electron chi connectivity index (χ4n) is 12.6. The van der Waals surface area contributed by atoms with E-state index in [4.69, 9.17) is 38.3 Å². The molecule has 22 nitrogen and oxygen atoms in total. The molecule has 1 aliphatic heterocycles. The molecule has 2 amide bonds. The molecule has 8 atom stereocenters. The number of carbonyl (C=O) groups is 12. The van der Waals surface area contributed by atoms with E-state index in [2.05, 4.69) is 5.32 Å². The summed E-state index contributed by atoms with van der Waals surface area (Å²) in [4.78, 5) is 150. The molecule has 8 unspecified atom stereocenters. The van der Waals surface area contributed by atoms with Gasteiger partial charge in [-0.3, -0.25) is 57.5 Å². The Morgan fingerprint density at radius 2 is 0.641 bits per heavy atom. The second-order valence-electron chi connectivity index (χ2n) is 28.9. The number of benzene rings is 8. The molecule has 2 N–H and O–H groups in total. The Hall–Kier alpha value is -11.9. The maximum Gasteiger partial charge on any atom is 0.314 e. The number of nitrogens with one attached hydrogen (secondary N) is 1.